The Morgan fingerprint density at radius 3 is 2.11 bits per heavy atom. The number of hydrogen-bond donors (Lipinski definition) is 2. The topological polar surface area (TPSA) is 140 Å². The van der Waals surface area contributed by atoms with E-state index in [9.17, 15) is 14.4 Å². The molecule has 0 spiro atoms. The smallest absolute Gasteiger partial charge is 0.408 e. The second-order valence-electron chi connectivity index (χ2n) is 13.5. The lowest BCUT2D eigenvalue weighted by Crippen LogP contribution is -2.54. The summed E-state index contributed by atoms with van der Waals surface area (Å²) in [7, 11) is 0. The number of ether oxygens (including phenoxy) is 7. The fraction of sp³-hybridized carbons (Fsp3) is 0.571. The summed E-state index contributed by atoms with van der Waals surface area (Å²) in [6.45, 7) is 11.3. The van der Waals surface area contributed by atoms with Crippen molar-refractivity contribution in [3.8, 4) is 0 Å². The van der Waals surface area contributed by atoms with Gasteiger partial charge in [0.25, 0.3) is 0 Å². The van der Waals surface area contributed by atoms with Crippen LogP contribution in [0.1, 0.15) is 59.1 Å². The minimum Gasteiger partial charge on any atom is -0.455 e. The van der Waals surface area contributed by atoms with Crippen LogP contribution >= 0.6 is 0 Å². The predicted octanol–water partition coefficient (Wildman–Crippen LogP) is 3.99. The zero-order valence-corrected chi connectivity index (χ0v) is 27.8. The predicted molar refractivity (Wildman–Crippen MR) is 169 cm³/mol. The fourth-order valence-corrected chi connectivity index (χ4v) is 5.96. The van der Waals surface area contributed by atoms with Gasteiger partial charge in [-0.2, -0.15) is 0 Å². The van der Waals surface area contributed by atoms with Crippen LogP contribution in [0.25, 0.3) is 0 Å². The molecule has 2 aromatic rings. The number of nitrogens with one attached hydrogen (secondary N) is 2. The molecule has 3 fully saturated rings. The molecule has 3 aliphatic rings. The van der Waals surface area contributed by atoms with E-state index in [0.29, 0.717) is 0 Å². The molecule has 0 saturated carbocycles. The molecule has 2 amide bonds. The highest BCUT2D eigenvalue weighted by molar-refractivity contribution is 5.90. The van der Waals surface area contributed by atoms with Crippen molar-refractivity contribution in [3.05, 3.63) is 71.8 Å². The Labute approximate surface area is 275 Å². The first-order valence-electron chi connectivity index (χ1n) is 16.1. The molecule has 12 heteroatoms. The Morgan fingerprint density at radius 1 is 0.830 bits per heavy atom. The molecule has 3 aliphatic heterocycles. The summed E-state index contributed by atoms with van der Waals surface area (Å²) in [5.74, 6) is -2.99. The Morgan fingerprint density at radius 2 is 1.49 bits per heavy atom. The number of hydrogen-bond acceptors (Lipinski definition) is 10. The minimum absolute atomic E-state index is 0.0185. The standard InChI is InChI=1S/C35H46N2O10/c1-21(2)17-25(31(39)43-28-27(26-20-42-34(3,4)45-26)44-32-29(28)46-35(5,6)47-32)36-30(38)24(18-22-13-9-7-10-14-22)37-33(40)41-19-23-15-11-8-12-16-23/h7-16,21,24-29,32H,17-20H2,1-6H3,(H,36,38)(H,37,40)/t24-,25-,26+,27-,28-,29-,32+/m1/s1. The molecule has 2 N–H and O–H groups in total. The third-order valence-corrected chi connectivity index (χ3v) is 8.09. The maximum absolute atomic E-state index is 13.9. The van der Waals surface area contributed by atoms with Gasteiger partial charge in [-0.15, -0.1) is 0 Å². The lowest BCUT2D eigenvalue weighted by molar-refractivity contribution is -0.235. The molecule has 0 aliphatic carbocycles. The van der Waals surface area contributed by atoms with Crippen molar-refractivity contribution in [2.24, 2.45) is 5.92 Å². The highest BCUT2D eigenvalue weighted by Crippen LogP contribution is 2.42. The number of fused-ring (bicyclic) bond motifs is 1. The lowest BCUT2D eigenvalue weighted by atomic mass is 10.0. The van der Waals surface area contributed by atoms with Crippen molar-refractivity contribution in [2.45, 2.75) is 115 Å². The number of amides is 2. The largest absolute Gasteiger partial charge is 0.455 e. The second kappa shape index (κ2) is 14.7. The highest BCUT2D eigenvalue weighted by atomic mass is 16.8. The molecule has 0 radical (unpaired) electrons. The van der Waals surface area contributed by atoms with Gasteiger partial charge in [0.15, 0.2) is 30.1 Å². The van der Waals surface area contributed by atoms with Gasteiger partial charge >= 0.3 is 12.1 Å². The minimum atomic E-state index is -1.03. The van der Waals surface area contributed by atoms with E-state index in [4.69, 9.17) is 33.2 Å². The van der Waals surface area contributed by atoms with Crippen molar-refractivity contribution in [2.75, 3.05) is 6.61 Å². The van der Waals surface area contributed by atoms with Gasteiger partial charge in [-0.25, -0.2) is 9.59 Å². The van der Waals surface area contributed by atoms with Crippen molar-refractivity contribution in [1.82, 2.24) is 10.6 Å². The monoisotopic (exact) mass is 654 g/mol. The van der Waals surface area contributed by atoms with Crippen molar-refractivity contribution in [3.63, 3.8) is 0 Å². The third kappa shape index (κ3) is 9.29. The molecule has 3 heterocycles. The Hall–Kier alpha value is -3.55. The van der Waals surface area contributed by atoms with Crippen molar-refractivity contribution >= 4 is 18.0 Å². The lowest BCUT2D eigenvalue weighted by Gasteiger charge is -2.30. The number of esters is 1. The molecule has 7 atom stereocenters. The average Bonchev–Trinajstić information content (AvgIpc) is 3.64. The van der Waals surface area contributed by atoms with Crippen LogP contribution in [0.3, 0.4) is 0 Å². The van der Waals surface area contributed by atoms with E-state index in [-0.39, 0.29) is 32.0 Å². The molecule has 3 saturated heterocycles. The van der Waals surface area contributed by atoms with Crippen LogP contribution in [0.15, 0.2) is 60.7 Å². The van der Waals surface area contributed by atoms with Crippen LogP contribution in [0.5, 0.6) is 0 Å². The van der Waals surface area contributed by atoms with E-state index in [1.165, 1.54) is 0 Å². The van der Waals surface area contributed by atoms with Crippen LogP contribution in [-0.4, -0.2) is 78.9 Å². The molecule has 256 valence electrons. The molecule has 0 unspecified atom stereocenters. The Bertz CT molecular complexity index is 1370. The van der Waals surface area contributed by atoms with E-state index in [2.05, 4.69) is 10.6 Å². The van der Waals surface area contributed by atoms with E-state index in [1.807, 2.05) is 74.5 Å². The first-order chi connectivity index (χ1) is 22.3. The van der Waals surface area contributed by atoms with Gasteiger partial charge in [0.1, 0.15) is 30.9 Å². The van der Waals surface area contributed by atoms with E-state index in [1.54, 1.807) is 27.7 Å². The number of carbonyl (C=O) groups is 3. The average molecular weight is 655 g/mol. The van der Waals surface area contributed by atoms with Crippen molar-refractivity contribution < 1.29 is 47.5 Å². The van der Waals surface area contributed by atoms with Crippen molar-refractivity contribution in [1.29, 1.82) is 0 Å². The summed E-state index contributed by atoms with van der Waals surface area (Å²) in [5, 5.41) is 5.53. The third-order valence-electron chi connectivity index (χ3n) is 8.09. The maximum Gasteiger partial charge on any atom is 0.408 e. The van der Waals surface area contributed by atoms with Crippen LogP contribution in [-0.2, 0) is 55.8 Å². The normalized spacial score (nSPS) is 27.1. The summed E-state index contributed by atoms with van der Waals surface area (Å²) >= 11 is 0. The summed E-state index contributed by atoms with van der Waals surface area (Å²) in [4.78, 5) is 40.6. The first kappa shape index (κ1) is 34.8. The van der Waals surface area contributed by atoms with Gasteiger partial charge in [-0.05, 0) is 51.2 Å². The van der Waals surface area contributed by atoms with Crippen LogP contribution in [0, 0.1) is 5.92 Å². The number of carbonyl (C=O) groups excluding carboxylic acids is 3. The molecule has 2 aromatic carbocycles. The maximum atomic E-state index is 13.9. The van der Waals surface area contributed by atoms with E-state index >= 15 is 0 Å². The molecule has 5 rings (SSSR count). The van der Waals surface area contributed by atoms with Gasteiger partial charge in [-0.3, -0.25) is 4.79 Å². The second-order valence-corrected chi connectivity index (χ2v) is 13.5. The van der Waals surface area contributed by atoms with Crippen LogP contribution in [0.2, 0.25) is 0 Å². The fourth-order valence-electron chi connectivity index (χ4n) is 5.96. The molecule has 12 nitrogen and oxygen atoms in total. The Kier molecular flexibility index (Phi) is 10.9. The van der Waals surface area contributed by atoms with Gasteiger partial charge in [0, 0.05) is 6.42 Å². The SMILES string of the molecule is CC(C)C[C@@H](NC(=O)[C@@H](Cc1ccccc1)NC(=O)OCc1ccccc1)C(=O)O[C@H]1[C@H]2OC(C)(C)O[C@@H]2O[C@@H]1[C@@H]1COC(C)(C)O1. The van der Waals surface area contributed by atoms with Gasteiger partial charge in [0.05, 0.1) is 6.61 Å². The summed E-state index contributed by atoms with van der Waals surface area (Å²) in [5.41, 5.74) is 1.62. The van der Waals surface area contributed by atoms with E-state index < -0.39 is 72.3 Å². The summed E-state index contributed by atoms with van der Waals surface area (Å²) < 4.78 is 41.5. The number of rotatable bonds is 12. The molecular formula is C35H46N2O10. The van der Waals surface area contributed by atoms with E-state index in [0.717, 1.165) is 11.1 Å². The zero-order chi connectivity index (χ0) is 33.8. The highest BCUT2D eigenvalue weighted by Gasteiger charge is 2.60. The van der Waals surface area contributed by atoms with Gasteiger partial charge in [0.2, 0.25) is 5.91 Å². The molecule has 0 aromatic heterocycles. The van der Waals surface area contributed by atoms with Gasteiger partial charge < -0.3 is 43.8 Å². The first-order valence-corrected chi connectivity index (χ1v) is 16.1. The zero-order valence-electron chi connectivity index (χ0n) is 27.8. The van der Waals surface area contributed by atoms with Crippen LogP contribution < -0.4 is 10.6 Å². The van der Waals surface area contributed by atoms with Gasteiger partial charge in [-0.1, -0.05) is 74.5 Å². The quantitative estimate of drug-likeness (QED) is 0.323. The summed E-state index contributed by atoms with van der Waals surface area (Å²) in [6.07, 6.45) is -3.95. The molecule has 0 bridgehead atoms. The number of benzene rings is 2. The molecular weight excluding hydrogens is 608 g/mol. The molecule has 47 heavy (non-hydrogen) atoms. The van der Waals surface area contributed by atoms with Crippen LogP contribution in [0.4, 0.5) is 4.79 Å². The Balaban J connectivity index is 1.30. The number of alkyl carbamates (subject to hydrolysis) is 1. The summed E-state index contributed by atoms with van der Waals surface area (Å²) in [6, 6.07) is 16.4.